The van der Waals surface area contributed by atoms with Gasteiger partial charge in [-0.05, 0) is 27.7 Å². The van der Waals surface area contributed by atoms with E-state index in [1.807, 2.05) is 45.2 Å². The number of aromatic nitrogens is 1. The smallest absolute Gasteiger partial charge is 0.407 e. The predicted octanol–water partition coefficient (Wildman–Crippen LogP) is 2.69. The standard InChI is InChI=1S/C17H28N4O3S/c1-6-21(13(2)22)15-20-14(12-25-15)11-18-9-7-8-10-19-16(23)24-17(3,4)5/h7-8,12,18H,6,9-11H2,1-5H3,(H,19,23)/b8-7+. The van der Waals surface area contributed by atoms with Crippen molar-refractivity contribution in [3.05, 3.63) is 23.2 Å². The quantitative estimate of drug-likeness (QED) is 0.544. The van der Waals surface area contributed by atoms with Crippen molar-refractivity contribution >= 4 is 28.5 Å². The summed E-state index contributed by atoms with van der Waals surface area (Å²) in [7, 11) is 0. The number of carbonyl (C=O) groups is 2. The minimum atomic E-state index is -0.489. The Labute approximate surface area is 153 Å². The van der Waals surface area contributed by atoms with Crippen LogP contribution in [0.5, 0.6) is 0 Å². The molecule has 140 valence electrons. The number of amides is 2. The summed E-state index contributed by atoms with van der Waals surface area (Å²) < 4.78 is 5.14. The van der Waals surface area contributed by atoms with Crippen molar-refractivity contribution in [2.45, 2.75) is 46.8 Å². The van der Waals surface area contributed by atoms with Gasteiger partial charge in [0.25, 0.3) is 0 Å². The largest absolute Gasteiger partial charge is 0.444 e. The zero-order valence-electron chi connectivity index (χ0n) is 15.6. The summed E-state index contributed by atoms with van der Waals surface area (Å²) in [5.74, 6) is -0.00298. The maximum atomic E-state index is 11.5. The Kier molecular flexibility index (Phi) is 8.57. The minimum Gasteiger partial charge on any atom is -0.444 e. The minimum absolute atomic E-state index is 0.00298. The lowest BCUT2D eigenvalue weighted by molar-refractivity contribution is -0.116. The molecular weight excluding hydrogens is 340 g/mol. The van der Waals surface area contributed by atoms with Crippen LogP contribution in [0.25, 0.3) is 0 Å². The van der Waals surface area contributed by atoms with Crippen LogP contribution < -0.4 is 15.5 Å². The van der Waals surface area contributed by atoms with E-state index in [4.69, 9.17) is 4.74 Å². The van der Waals surface area contributed by atoms with Crippen molar-refractivity contribution in [1.29, 1.82) is 0 Å². The average Bonchev–Trinajstić information content (AvgIpc) is 2.93. The fourth-order valence-corrected chi connectivity index (χ4v) is 2.83. The number of rotatable bonds is 8. The fraction of sp³-hybridized carbons (Fsp3) is 0.588. The second-order valence-corrected chi connectivity index (χ2v) is 7.21. The number of nitrogens with one attached hydrogen (secondary N) is 2. The number of hydrogen-bond acceptors (Lipinski definition) is 6. The summed E-state index contributed by atoms with van der Waals surface area (Å²) in [5.41, 5.74) is 0.414. The molecule has 0 fully saturated rings. The van der Waals surface area contributed by atoms with Gasteiger partial charge >= 0.3 is 6.09 Å². The SMILES string of the molecule is CCN(C(C)=O)c1nc(CNC/C=C/CNC(=O)OC(C)(C)C)cs1. The van der Waals surface area contributed by atoms with Gasteiger partial charge < -0.3 is 15.4 Å². The van der Waals surface area contributed by atoms with Crippen LogP contribution in [-0.2, 0) is 16.1 Å². The molecule has 0 aliphatic carbocycles. The van der Waals surface area contributed by atoms with Crippen molar-refractivity contribution in [3.8, 4) is 0 Å². The average molecular weight is 369 g/mol. The lowest BCUT2D eigenvalue weighted by Crippen LogP contribution is -2.32. The van der Waals surface area contributed by atoms with E-state index in [-0.39, 0.29) is 5.91 Å². The van der Waals surface area contributed by atoms with Crippen LogP contribution >= 0.6 is 11.3 Å². The molecule has 1 heterocycles. The molecule has 25 heavy (non-hydrogen) atoms. The number of thiazole rings is 1. The maximum absolute atomic E-state index is 11.5. The monoisotopic (exact) mass is 368 g/mol. The zero-order chi connectivity index (χ0) is 18.9. The number of hydrogen-bond donors (Lipinski definition) is 2. The first-order chi connectivity index (χ1) is 11.7. The highest BCUT2D eigenvalue weighted by molar-refractivity contribution is 7.14. The first kappa shape index (κ1) is 21.1. The number of nitrogens with zero attached hydrogens (tertiary/aromatic N) is 2. The van der Waals surface area contributed by atoms with Gasteiger partial charge in [0.15, 0.2) is 5.13 Å². The van der Waals surface area contributed by atoms with Crippen LogP contribution in [0.1, 0.15) is 40.3 Å². The van der Waals surface area contributed by atoms with E-state index in [2.05, 4.69) is 15.6 Å². The van der Waals surface area contributed by atoms with E-state index >= 15 is 0 Å². The van der Waals surface area contributed by atoms with E-state index in [1.54, 1.807) is 11.8 Å². The van der Waals surface area contributed by atoms with Gasteiger partial charge in [0.05, 0.1) is 5.69 Å². The second-order valence-electron chi connectivity index (χ2n) is 6.37. The molecule has 0 radical (unpaired) electrons. The Morgan fingerprint density at radius 1 is 1.32 bits per heavy atom. The molecule has 0 saturated carbocycles. The van der Waals surface area contributed by atoms with Crippen molar-refractivity contribution in [1.82, 2.24) is 15.6 Å². The van der Waals surface area contributed by atoms with E-state index in [0.717, 1.165) is 10.8 Å². The first-order valence-electron chi connectivity index (χ1n) is 8.28. The molecule has 0 aliphatic heterocycles. The van der Waals surface area contributed by atoms with E-state index in [0.29, 0.717) is 26.2 Å². The molecule has 0 atom stereocenters. The summed E-state index contributed by atoms with van der Waals surface area (Å²) in [5, 5.41) is 8.57. The molecule has 2 amide bonds. The Hall–Kier alpha value is -1.93. The van der Waals surface area contributed by atoms with Gasteiger partial charge in [-0.15, -0.1) is 11.3 Å². The van der Waals surface area contributed by atoms with Gasteiger partial charge in [-0.1, -0.05) is 12.2 Å². The lowest BCUT2D eigenvalue weighted by atomic mass is 10.2. The third-order valence-electron chi connectivity index (χ3n) is 2.96. The highest BCUT2D eigenvalue weighted by Crippen LogP contribution is 2.20. The number of alkyl carbamates (subject to hydrolysis) is 1. The second kappa shape index (κ2) is 10.1. The molecule has 8 heteroatoms. The van der Waals surface area contributed by atoms with Gasteiger partial charge in [0.1, 0.15) is 5.60 Å². The van der Waals surface area contributed by atoms with Gasteiger partial charge in [-0.3, -0.25) is 9.69 Å². The first-order valence-corrected chi connectivity index (χ1v) is 9.16. The molecular formula is C17H28N4O3S. The van der Waals surface area contributed by atoms with Crippen molar-refractivity contribution in [2.24, 2.45) is 0 Å². The third-order valence-corrected chi connectivity index (χ3v) is 3.88. The maximum Gasteiger partial charge on any atom is 0.407 e. The molecule has 0 unspecified atom stereocenters. The van der Waals surface area contributed by atoms with E-state index in [9.17, 15) is 9.59 Å². The Balaban J connectivity index is 2.24. The van der Waals surface area contributed by atoms with E-state index < -0.39 is 11.7 Å². The van der Waals surface area contributed by atoms with Crippen LogP contribution in [0.15, 0.2) is 17.5 Å². The summed E-state index contributed by atoms with van der Waals surface area (Å²) in [4.78, 5) is 29.1. The Bertz CT molecular complexity index is 593. The Morgan fingerprint density at radius 2 is 2.00 bits per heavy atom. The fourth-order valence-electron chi connectivity index (χ4n) is 1.90. The van der Waals surface area contributed by atoms with Gasteiger partial charge in [0, 0.05) is 38.5 Å². The molecule has 2 N–H and O–H groups in total. The summed E-state index contributed by atoms with van der Waals surface area (Å²) in [6.07, 6.45) is 3.36. The lowest BCUT2D eigenvalue weighted by Gasteiger charge is -2.19. The third kappa shape index (κ3) is 8.64. The molecule has 7 nitrogen and oxygen atoms in total. The van der Waals surface area contributed by atoms with Crippen molar-refractivity contribution in [3.63, 3.8) is 0 Å². The normalized spacial score (nSPS) is 11.6. The summed E-state index contributed by atoms with van der Waals surface area (Å²) in [6.45, 7) is 11.3. The van der Waals surface area contributed by atoms with Gasteiger partial charge in [-0.25, -0.2) is 9.78 Å². The van der Waals surface area contributed by atoms with E-state index in [1.165, 1.54) is 11.3 Å². The molecule has 0 bridgehead atoms. The van der Waals surface area contributed by atoms with Crippen molar-refractivity contribution in [2.75, 3.05) is 24.5 Å². The molecule has 0 aliphatic rings. The van der Waals surface area contributed by atoms with Gasteiger partial charge in [0.2, 0.25) is 5.91 Å². The molecule has 1 rings (SSSR count). The molecule has 1 aromatic heterocycles. The number of anilines is 1. The van der Waals surface area contributed by atoms with Crippen LogP contribution in [0, 0.1) is 0 Å². The van der Waals surface area contributed by atoms with Crippen LogP contribution in [0.2, 0.25) is 0 Å². The summed E-state index contributed by atoms with van der Waals surface area (Å²) >= 11 is 1.46. The summed E-state index contributed by atoms with van der Waals surface area (Å²) in [6, 6.07) is 0. The molecule has 0 saturated heterocycles. The van der Waals surface area contributed by atoms with Crippen LogP contribution in [0.3, 0.4) is 0 Å². The van der Waals surface area contributed by atoms with Crippen LogP contribution in [0.4, 0.5) is 9.93 Å². The topological polar surface area (TPSA) is 83.6 Å². The highest BCUT2D eigenvalue weighted by atomic mass is 32.1. The Morgan fingerprint density at radius 3 is 2.60 bits per heavy atom. The molecule has 1 aromatic rings. The predicted molar refractivity (Wildman–Crippen MR) is 101 cm³/mol. The zero-order valence-corrected chi connectivity index (χ0v) is 16.4. The van der Waals surface area contributed by atoms with Crippen molar-refractivity contribution < 1.29 is 14.3 Å². The van der Waals surface area contributed by atoms with Gasteiger partial charge in [-0.2, -0.15) is 0 Å². The number of ether oxygens (including phenoxy) is 1. The highest BCUT2D eigenvalue weighted by Gasteiger charge is 2.15. The molecule has 0 spiro atoms. The molecule has 0 aromatic carbocycles. The van der Waals surface area contributed by atoms with Crippen LogP contribution in [-0.4, -0.2) is 42.2 Å². The number of carbonyl (C=O) groups excluding carboxylic acids is 2.